The van der Waals surface area contributed by atoms with E-state index in [1.807, 2.05) is 13.8 Å². The minimum Gasteiger partial charge on any atom is -0.459 e. The summed E-state index contributed by atoms with van der Waals surface area (Å²) in [4.78, 5) is 28.6. The zero-order valence-electron chi connectivity index (χ0n) is 16.1. The second kappa shape index (κ2) is 9.01. The lowest BCUT2D eigenvalue weighted by atomic mass is 10.2. The smallest absolute Gasteiger partial charge is 0.290 e. The van der Waals surface area contributed by atoms with Crippen LogP contribution >= 0.6 is 0 Å². The molecule has 150 valence electrons. The van der Waals surface area contributed by atoms with Gasteiger partial charge in [-0.15, -0.1) is 0 Å². The van der Waals surface area contributed by atoms with Crippen molar-refractivity contribution in [2.75, 3.05) is 26.2 Å². The Morgan fingerprint density at radius 2 is 2.04 bits per heavy atom. The van der Waals surface area contributed by atoms with Crippen molar-refractivity contribution in [2.24, 2.45) is 5.92 Å². The molecule has 3 rings (SSSR count). The molecule has 1 saturated heterocycles. The first kappa shape index (κ1) is 20.1. The monoisotopic (exact) mass is 388 g/mol. The summed E-state index contributed by atoms with van der Waals surface area (Å²) in [6, 6.07) is 9.61. The third-order valence-corrected chi connectivity index (χ3v) is 4.56. The number of hydrogen-bond donors (Lipinski definition) is 0. The fraction of sp³-hybridized carbons (Fsp3) is 0.429. The van der Waals surface area contributed by atoms with Crippen LogP contribution in [0.4, 0.5) is 4.39 Å². The fourth-order valence-electron chi connectivity index (χ4n) is 3.24. The molecule has 1 aliphatic heterocycles. The average molecular weight is 388 g/mol. The average Bonchev–Trinajstić information content (AvgIpc) is 3.14. The fourth-order valence-corrected chi connectivity index (χ4v) is 3.24. The maximum absolute atomic E-state index is 13.9. The van der Waals surface area contributed by atoms with E-state index < -0.39 is 6.10 Å². The lowest BCUT2D eigenvalue weighted by molar-refractivity contribution is -0.132. The van der Waals surface area contributed by atoms with Crippen molar-refractivity contribution in [2.45, 2.75) is 26.6 Å². The van der Waals surface area contributed by atoms with E-state index in [9.17, 15) is 14.0 Å². The highest BCUT2D eigenvalue weighted by molar-refractivity contribution is 5.94. The van der Waals surface area contributed by atoms with Gasteiger partial charge in [-0.2, -0.15) is 0 Å². The SMILES string of the molecule is CC(C)CN1CC(OCc2ccccc2F)CN(C(=O)c2ccco2)CC1=O. The number of amides is 2. The molecule has 28 heavy (non-hydrogen) atoms. The topological polar surface area (TPSA) is 63.0 Å². The highest BCUT2D eigenvalue weighted by Crippen LogP contribution is 2.16. The van der Waals surface area contributed by atoms with Crippen molar-refractivity contribution in [1.82, 2.24) is 9.80 Å². The molecule has 0 saturated carbocycles. The summed E-state index contributed by atoms with van der Waals surface area (Å²) in [5.41, 5.74) is 0.442. The van der Waals surface area contributed by atoms with Crippen molar-refractivity contribution in [1.29, 1.82) is 0 Å². The van der Waals surface area contributed by atoms with Crippen molar-refractivity contribution in [3.63, 3.8) is 0 Å². The molecule has 0 aliphatic carbocycles. The Morgan fingerprint density at radius 1 is 1.25 bits per heavy atom. The Morgan fingerprint density at radius 3 is 2.71 bits per heavy atom. The molecule has 0 N–H and O–H groups in total. The first-order valence-electron chi connectivity index (χ1n) is 9.39. The summed E-state index contributed by atoms with van der Waals surface area (Å²) in [5, 5.41) is 0. The number of nitrogens with zero attached hydrogens (tertiary/aromatic N) is 2. The Hall–Kier alpha value is -2.67. The van der Waals surface area contributed by atoms with Crippen LogP contribution in [0, 0.1) is 11.7 Å². The van der Waals surface area contributed by atoms with Gasteiger partial charge in [0.15, 0.2) is 5.76 Å². The second-order valence-corrected chi connectivity index (χ2v) is 7.38. The van der Waals surface area contributed by atoms with Gasteiger partial charge in [-0.05, 0) is 24.1 Å². The van der Waals surface area contributed by atoms with Gasteiger partial charge in [0.1, 0.15) is 12.4 Å². The van der Waals surface area contributed by atoms with E-state index in [0.29, 0.717) is 18.7 Å². The number of carbonyl (C=O) groups is 2. The van der Waals surface area contributed by atoms with Crippen LogP contribution in [0.2, 0.25) is 0 Å². The molecule has 6 nitrogen and oxygen atoms in total. The lowest BCUT2D eigenvalue weighted by Crippen LogP contribution is -2.40. The summed E-state index contributed by atoms with van der Waals surface area (Å²) in [6.07, 6.45) is 0.994. The highest BCUT2D eigenvalue weighted by Gasteiger charge is 2.32. The number of benzene rings is 1. The largest absolute Gasteiger partial charge is 0.459 e. The quantitative estimate of drug-likeness (QED) is 0.763. The van der Waals surface area contributed by atoms with Gasteiger partial charge in [0.2, 0.25) is 5.91 Å². The van der Waals surface area contributed by atoms with E-state index in [1.165, 1.54) is 17.2 Å². The molecular formula is C21H25FN2O4. The molecule has 1 atom stereocenters. The minimum absolute atomic E-state index is 0.0359. The summed E-state index contributed by atoms with van der Waals surface area (Å²) in [7, 11) is 0. The molecule has 1 aromatic carbocycles. The van der Waals surface area contributed by atoms with E-state index in [-0.39, 0.29) is 49.0 Å². The summed E-state index contributed by atoms with van der Waals surface area (Å²) in [5.74, 6) is -0.369. The molecule has 0 radical (unpaired) electrons. The third kappa shape index (κ3) is 4.98. The van der Waals surface area contributed by atoms with Crippen LogP contribution in [0.5, 0.6) is 0 Å². The van der Waals surface area contributed by atoms with E-state index in [2.05, 4.69) is 0 Å². The molecular weight excluding hydrogens is 363 g/mol. The van der Waals surface area contributed by atoms with Crippen molar-refractivity contribution in [3.8, 4) is 0 Å². The maximum Gasteiger partial charge on any atom is 0.290 e. The minimum atomic E-state index is -0.427. The zero-order chi connectivity index (χ0) is 20.1. The Kier molecular flexibility index (Phi) is 6.46. The van der Waals surface area contributed by atoms with E-state index in [1.54, 1.807) is 35.2 Å². The number of furan rings is 1. The van der Waals surface area contributed by atoms with Gasteiger partial charge < -0.3 is 19.0 Å². The first-order valence-corrected chi connectivity index (χ1v) is 9.39. The van der Waals surface area contributed by atoms with E-state index in [4.69, 9.17) is 9.15 Å². The van der Waals surface area contributed by atoms with Gasteiger partial charge in [0.25, 0.3) is 5.91 Å². The number of ether oxygens (including phenoxy) is 1. The van der Waals surface area contributed by atoms with E-state index in [0.717, 1.165) is 0 Å². The van der Waals surface area contributed by atoms with Crippen LogP contribution in [0.15, 0.2) is 47.1 Å². The number of hydrogen-bond acceptors (Lipinski definition) is 4. The number of halogens is 1. The van der Waals surface area contributed by atoms with Gasteiger partial charge in [0.05, 0.1) is 19.0 Å². The van der Waals surface area contributed by atoms with Crippen molar-refractivity contribution < 1.29 is 23.1 Å². The highest BCUT2D eigenvalue weighted by atomic mass is 19.1. The van der Waals surface area contributed by atoms with Crippen LogP contribution in [0.1, 0.15) is 30.0 Å². The molecule has 1 fully saturated rings. The van der Waals surface area contributed by atoms with Crippen LogP contribution in [-0.2, 0) is 16.1 Å². The van der Waals surface area contributed by atoms with Gasteiger partial charge in [-0.25, -0.2) is 4.39 Å². The molecule has 0 spiro atoms. The van der Waals surface area contributed by atoms with Crippen LogP contribution in [0.25, 0.3) is 0 Å². The molecule has 0 bridgehead atoms. The molecule has 1 aromatic heterocycles. The Labute approximate surface area is 163 Å². The Bertz CT molecular complexity index is 806. The first-order chi connectivity index (χ1) is 13.4. The molecule has 2 amide bonds. The standard InChI is InChI=1S/C21H25FN2O4/c1-15(2)10-23-11-17(28-14-16-6-3-4-7-18(16)22)12-24(13-20(23)25)21(26)19-8-5-9-27-19/h3-9,15,17H,10-14H2,1-2H3. The normalized spacial score (nSPS) is 17.9. The van der Waals surface area contributed by atoms with Gasteiger partial charge in [-0.1, -0.05) is 32.0 Å². The van der Waals surface area contributed by atoms with Gasteiger partial charge in [-0.3, -0.25) is 9.59 Å². The van der Waals surface area contributed by atoms with Crippen LogP contribution in [-0.4, -0.2) is 53.9 Å². The van der Waals surface area contributed by atoms with Crippen molar-refractivity contribution in [3.05, 3.63) is 59.8 Å². The summed E-state index contributed by atoms with van der Waals surface area (Å²) < 4.78 is 25.0. The predicted molar refractivity (Wildman–Crippen MR) is 101 cm³/mol. The van der Waals surface area contributed by atoms with E-state index >= 15 is 0 Å². The summed E-state index contributed by atoms with van der Waals surface area (Å²) in [6.45, 7) is 5.25. The molecule has 1 aliphatic rings. The zero-order valence-corrected chi connectivity index (χ0v) is 16.1. The molecule has 2 aromatic rings. The second-order valence-electron chi connectivity index (χ2n) is 7.38. The third-order valence-electron chi connectivity index (χ3n) is 4.56. The summed E-state index contributed by atoms with van der Waals surface area (Å²) >= 11 is 0. The number of rotatable bonds is 6. The van der Waals surface area contributed by atoms with Gasteiger partial charge >= 0.3 is 0 Å². The van der Waals surface area contributed by atoms with Crippen molar-refractivity contribution >= 4 is 11.8 Å². The maximum atomic E-state index is 13.9. The van der Waals surface area contributed by atoms with Crippen LogP contribution < -0.4 is 0 Å². The van der Waals surface area contributed by atoms with Crippen LogP contribution in [0.3, 0.4) is 0 Å². The predicted octanol–water partition coefficient (Wildman–Crippen LogP) is 2.94. The Balaban J connectivity index is 1.76. The lowest BCUT2D eigenvalue weighted by Gasteiger charge is -2.26. The van der Waals surface area contributed by atoms with Gasteiger partial charge in [0, 0.05) is 25.2 Å². The molecule has 7 heteroatoms. The molecule has 2 heterocycles. The number of carbonyl (C=O) groups excluding carboxylic acids is 2. The molecule has 1 unspecified atom stereocenters.